The fourth-order valence-corrected chi connectivity index (χ4v) is 2.37. The molecule has 0 bridgehead atoms. The van der Waals surface area contributed by atoms with E-state index < -0.39 is 10.7 Å². The van der Waals surface area contributed by atoms with E-state index in [0.717, 1.165) is 30.0 Å². The van der Waals surface area contributed by atoms with Crippen LogP contribution < -0.4 is 11.5 Å². The molecule has 9 heteroatoms. The molecule has 0 fully saturated rings. The van der Waals surface area contributed by atoms with Crippen molar-refractivity contribution < 1.29 is 9.31 Å². The van der Waals surface area contributed by atoms with E-state index in [1.165, 1.54) is 6.07 Å². The maximum atomic E-state index is 13.2. The maximum absolute atomic E-state index is 13.2. The number of thioether (sulfide) groups is 1. The van der Waals surface area contributed by atoms with Crippen LogP contribution >= 0.6 is 11.8 Å². The highest BCUT2D eigenvalue weighted by Crippen LogP contribution is 2.27. The first-order chi connectivity index (χ1) is 9.45. The molecule has 1 aromatic carbocycles. The summed E-state index contributed by atoms with van der Waals surface area (Å²) in [5.74, 6) is -0.00144. The molecule has 0 aliphatic rings. The van der Waals surface area contributed by atoms with E-state index in [2.05, 4.69) is 9.97 Å². The Morgan fingerprint density at radius 1 is 1.25 bits per heavy atom. The number of nitrogen functional groups attached to an aromatic ring is 2. The first kappa shape index (κ1) is 14.0. The molecule has 7 nitrogen and oxygen atoms in total. The third kappa shape index (κ3) is 3.32. The highest BCUT2D eigenvalue weighted by molar-refractivity contribution is 7.98. The predicted octanol–water partition coefficient (Wildman–Crippen LogP) is 1.98. The Morgan fingerprint density at radius 2 is 1.90 bits per heavy atom. The largest absolute Gasteiger partial charge is 0.383 e. The van der Waals surface area contributed by atoms with E-state index in [-0.39, 0.29) is 33.8 Å². The van der Waals surface area contributed by atoms with Crippen LogP contribution in [0.2, 0.25) is 0 Å². The van der Waals surface area contributed by atoms with Gasteiger partial charge in [0.25, 0.3) is 5.69 Å². The number of nitro benzene ring substituents is 1. The van der Waals surface area contributed by atoms with E-state index in [9.17, 15) is 14.5 Å². The lowest BCUT2D eigenvalue weighted by Crippen LogP contribution is -2.00. The summed E-state index contributed by atoms with van der Waals surface area (Å²) in [5.41, 5.74) is 11.1. The molecule has 0 aliphatic heterocycles. The Hall–Kier alpha value is -2.42. The number of hydrogen-bond acceptors (Lipinski definition) is 7. The smallest absolute Gasteiger partial charge is 0.273 e. The number of rotatable bonds is 4. The summed E-state index contributed by atoms with van der Waals surface area (Å²) < 4.78 is 13.2. The fraction of sp³-hybridized carbons (Fsp3) is 0.0909. The van der Waals surface area contributed by atoms with Crippen molar-refractivity contribution in [3.05, 3.63) is 45.8 Å². The zero-order valence-electron chi connectivity index (χ0n) is 10.1. The van der Waals surface area contributed by atoms with Crippen molar-refractivity contribution >= 4 is 29.1 Å². The summed E-state index contributed by atoms with van der Waals surface area (Å²) >= 11 is 1.09. The SMILES string of the molecule is Nc1cc(N)nc(SCc2cc(F)ccc2[N+](=O)[O-])n1. The molecule has 0 atom stereocenters. The summed E-state index contributed by atoms with van der Waals surface area (Å²) in [6, 6.07) is 4.68. The number of nitrogens with two attached hydrogens (primary N) is 2. The van der Waals surface area contributed by atoms with Gasteiger partial charge in [-0.05, 0) is 12.1 Å². The number of aromatic nitrogens is 2. The maximum Gasteiger partial charge on any atom is 0.273 e. The summed E-state index contributed by atoms with van der Waals surface area (Å²) in [7, 11) is 0. The Bertz CT molecular complexity index is 647. The molecule has 4 N–H and O–H groups in total. The van der Waals surface area contributed by atoms with Crippen molar-refractivity contribution in [1.29, 1.82) is 0 Å². The zero-order chi connectivity index (χ0) is 14.7. The van der Waals surface area contributed by atoms with Crippen molar-refractivity contribution in [2.24, 2.45) is 0 Å². The quantitative estimate of drug-likeness (QED) is 0.383. The first-order valence-corrected chi connectivity index (χ1v) is 6.40. The van der Waals surface area contributed by atoms with E-state index in [4.69, 9.17) is 11.5 Å². The van der Waals surface area contributed by atoms with Crippen LogP contribution in [0.4, 0.5) is 21.7 Å². The lowest BCUT2D eigenvalue weighted by molar-refractivity contribution is -0.385. The molecule has 0 amide bonds. The fourth-order valence-electron chi connectivity index (χ4n) is 1.52. The zero-order valence-corrected chi connectivity index (χ0v) is 10.9. The number of halogens is 1. The number of nitro groups is 1. The molecule has 0 saturated carbocycles. The third-order valence-electron chi connectivity index (χ3n) is 2.34. The number of benzene rings is 1. The number of hydrogen-bond donors (Lipinski definition) is 2. The molecular weight excluding hydrogens is 285 g/mol. The molecule has 0 spiro atoms. The van der Waals surface area contributed by atoms with Gasteiger partial charge < -0.3 is 11.5 Å². The molecular formula is C11H10FN5O2S. The molecule has 0 saturated heterocycles. The van der Waals surface area contributed by atoms with Gasteiger partial charge in [-0.1, -0.05) is 11.8 Å². The van der Waals surface area contributed by atoms with Crippen LogP contribution in [0.25, 0.3) is 0 Å². The molecule has 1 aromatic heterocycles. The monoisotopic (exact) mass is 295 g/mol. The van der Waals surface area contributed by atoms with Gasteiger partial charge in [-0.15, -0.1) is 0 Å². The van der Waals surface area contributed by atoms with Gasteiger partial charge >= 0.3 is 0 Å². The molecule has 0 unspecified atom stereocenters. The van der Waals surface area contributed by atoms with Gasteiger partial charge in [0.2, 0.25) is 0 Å². The normalized spacial score (nSPS) is 10.4. The molecule has 0 radical (unpaired) electrons. The summed E-state index contributed by atoms with van der Waals surface area (Å²) in [5, 5.41) is 11.1. The molecule has 0 aliphatic carbocycles. The second kappa shape index (κ2) is 5.70. The second-order valence-electron chi connectivity index (χ2n) is 3.82. The minimum absolute atomic E-state index is 0.136. The summed E-state index contributed by atoms with van der Waals surface area (Å²) in [6.45, 7) is 0. The lowest BCUT2D eigenvalue weighted by Gasteiger charge is -2.04. The minimum Gasteiger partial charge on any atom is -0.383 e. The van der Waals surface area contributed by atoms with Gasteiger partial charge in [0, 0.05) is 23.4 Å². The Labute approximate surface area is 117 Å². The van der Waals surface area contributed by atoms with Crippen molar-refractivity contribution in [2.45, 2.75) is 10.9 Å². The van der Waals surface area contributed by atoms with Gasteiger partial charge in [-0.25, -0.2) is 14.4 Å². The van der Waals surface area contributed by atoms with Crippen molar-refractivity contribution in [3.63, 3.8) is 0 Å². The van der Waals surface area contributed by atoms with Crippen LogP contribution in [0, 0.1) is 15.9 Å². The number of anilines is 2. The van der Waals surface area contributed by atoms with E-state index in [1.54, 1.807) is 0 Å². The molecule has 20 heavy (non-hydrogen) atoms. The van der Waals surface area contributed by atoms with Crippen LogP contribution in [0.3, 0.4) is 0 Å². The number of nitrogens with zero attached hydrogens (tertiary/aromatic N) is 3. The van der Waals surface area contributed by atoms with Crippen LogP contribution in [0.1, 0.15) is 5.56 Å². The molecule has 1 heterocycles. The van der Waals surface area contributed by atoms with Gasteiger partial charge in [-0.3, -0.25) is 10.1 Å². The van der Waals surface area contributed by atoms with Crippen molar-refractivity contribution in [3.8, 4) is 0 Å². The topological polar surface area (TPSA) is 121 Å². The summed E-state index contributed by atoms with van der Waals surface area (Å²) in [6.07, 6.45) is 0. The van der Waals surface area contributed by atoms with Gasteiger partial charge in [0.05, 0.1) is 4.92 Å². The average Bonchev–Trinajstić information content (AvgIpc) is 2.35. The molecule has 2 rings (SSSR count). The van der Waals surface area contributed by atoms with E-state index >= 15 is 0 Å². The van der Waals surface area contributed by atoms with E-state index in [1.807, 2.05) is 0 Å². The second-order valence-corrected chi connectivity index (χ2v) is 4.76. The van der Waals surface area contributed by atoms with Crippen molar-refractivity contribution in [2.75, 3.05) is 11.5 Å². The van der Waals surface area contributed by atoms with Crippen molar-refractivity contribution in [1.82, 2.24) is 9.97 Å². The van der Waals surface area contributed by atoms with Crippen LogP contribution in [0.5, 0.6) is 0 Å². The predicted molar refractivity (Wildman–Crippen MR) is 73.5 cm³/mol. The van der Waals surface area contributed by atoms with Crippen LogP contribution in [-0.2, 0) is 5.75 Å². The Morgan fingerprint density at radius 3 is 2.50 bits per heavy atom. The van der Waals surface area contributed by atoms with Gasteiger partial charge in [0.1, 0.15) is 17.5 Å². The standard InChI is InChI=1S/C11H10FN5O2S/c12-7-1-2-8(17(18)19)6(3-7)5-20-11-15-9(13)4-10(14)16-11/h1-4H,5H2,(H4,13,14,15,16). The third-order valence-corrected chi connectivity index (χ3v) is 3.24. The summed E-state index contributed by atoms with van der Waals surface area (Å²) in [4.78, 5) is 18.2. The Kier molecular flexibility index (Phi) is 3.99. The van der Waals surface area contributed by atoms with Gasteiger partial charge in [0.15, 0.2) is 5.16 Å². The van der Waals surface area contributed by atoms with Crippen LogP contribution in [-0.4, -0.2) is 14.9 Å². The highest BCUT2D eigenvalue weighted by atomic mass is 32.2. The Balaban J connectivity index is 2.22. The minimum atomic E-state index is -0.566. The first-order valence-electron chi connectivity index (χ1n) is 5.41. The van der Waals surface area contributed by atoms with Gasteiger partial charge in [-0.2, -0.15) is 0 Å². The average molecular weight is 295 g/mol. The molecule has 104 valence electrons. The lowest BCUT2D eigenvalue weighted by atomic mass is 10.2. The highest BCUT2D eigenvalue weighted by Gasteiger charge is 2.15. The molecule has 2 aromatic rings. The van der Waals surface area contributed by atoms with E-state index in [0.29, 0.717) is 0 Å². The van der Waals surface area contributed by atoms with Crippen LogP contribution in [0.15, 0.2) is 29.4 Å².